The van der Waals surface area contributed by atoms with Gasteiger partial charge in [0.25, 0.3) is 0 Å². The Bertz CT molecular complexity index is 293. The number of nitrogens with zero attached hydrogens (tertiary/aromatic N) is 2. The van der Waals surface area contributed by atoms with Crippen LogP contribution in [0.3, 0.4) is 0 Å². The molecule has 2 atom stereocenters. The van der Waals surface area contributed by atoms with Gasteiger partial charge < -0.3 is 10.2 Å². The molecule has 4 nitrogen and oxygen atoms in total. The molecule has 2 aliphatic heterocycles. The monoisotopic (exact) mass is 267 g/mol. The normalized spacial score (nSPS) is 28.8. The minimum absolute atomic E-state index is 0.169. The summed E-state index contributed by atoms with van der Waals surface area (Å²) >= 11 is 0. The van der Waals surface area contributed by atoms with E-state index in [0.29, 0.717) is 11.8 Å². The number of hydrogen-bond donors (Lipinski definition) is 1. The smallest absolute Gasteiger partial charge is 0.239 e. The van der Waals surface area contributed by atoms with Crippen molar-refractivity contribution in [3.05, 3.63) is 0 Å². The molecule has 0 unspecified atom stereocenters. The summed E-state index contributed by atoms with van der Waals surface area (Å²) in [7, 11) is 1.99. The number of piperidine rings is 1. The molecule has 0 radical (unpaired) electrons. The van der Waals surface area contributed by atoms with E-state index < -0.39 is 0 Å². The SMILES string of the molecule is CCCN1CCCC[C@@H]1C(=O)N1CC[C@@H](CNC)C1. The molecule has 2 aliphatic rings. The summed E-state index contributed by atoms with van der Waals surface area (Å²) in [5, 5.41) is 3.23. The fourth-order valence-electron chi connectivity index (χ4n) is 3.52. The first-order valence-electron chi connectivity index (χ1n) is 7.93. The Balaban J connectivity index is 1.90. The lowest BCUT2D eigenvalue weighted by Gasteiger charge is -2.36. The zero-order valence-corrected chi connectivity index (χ0v) is 12.5. The highest BCUT2D eigenvalue weighted by Gasteiger charge is 2.34. The van der Waals surface area contributed by atoms with Crippen LogP contribution in [0.15, 0.2) is 0 Å². The number of rotatable bonds is 5. The van der Waals surface area contributed by atoms with Crippen molar-refractivity contribution in [3.8, 4) is 0 Å². The number of likely N-dealkylation sites (tertiary alicyclic amines) is 2. The lowest BCUT2D eigenvalue weighted by atomic mass is 10.0. The van der Waals surface area contributed by atoms with Crippen LogP contribution in [0.5, 0.6) is 0 Å². The highest BCUT2D eigenvalue weighted by atomic mass is 16.2. The Morgan fingerprint density at radius 3 is 2.84 bits per heavy atom. The van der Waals surface area contributed by atoms with E-state index in [1.165, 1.54) is 12.8 Å². The van der Waals surface area contributed by atoms with Gasteiger partial charge in [-0.3, -0.25) is 9.69 Å². The highest BCUT2D eigenvalue weighted by Crippen LogP contribution is 2.23. The van der Waals surface area contributed by atoms with Crippen molar-refractivity contribution in [1.82, 2.24) is 15.1 Å². The van der Waals surface area contributed by atoms with E-state index in [0.717, 1.165) is 52.0 Å². The van der Waals surface area contributed by atoms with Gasteiger partial charge in [-0.1, -0.05) is 13.3 Å². The van der Waals surface area contributed by atoms with Gasteiger partial charge in [-0.25, -0.2) is 0 Å². The zero-order valence-electron chi connectivity index (χ0n) is 12.5. The molecule has 0 aromatic rings. The van der Waals surface area contributed by atoms with Crippen molar-refractivity contribution in [2.45, 2.75) is 45.1 Å². The van der Waals surface area contributed by atoms with Gasteiger partial charge in [0.2, 0.25) is 5.91 Å². The van der Waals surface area contributed by atoms with Gasteiger partial charge in [-0.05, 0) is 58.3 Å². The minimum Gasteiger partial charge on any atom is -0.341 e. The molecule has 0 spiro atoms. The van der Waals surface area contributed by atoms with Gasteiger partial charge in [-0.2, -0.15) is 0 Å². The fourth-order valence-corrected chi connectivity index (χ4v) is 3.52. The molecule has 1 N–H and O–H groups in total. The van der Waals surface area contributed by atoms with Crippen LogP contribution in [-0.4, -0.2) is 61.5 Å². The summed E-state index contributed by atoms with van der Waals surface area (Å²) in [4.78, 5) is 17.2. The second kappa shape index (κ2) is 7.25. The molecular formula is C15H29N3O. The van der Waals surface area contributed by atoms with Crippen LogP contribution in [0.4, 0.5) is 0 Å². The van der Waals surface area contributed by atoms with Crippen LogP contribution in [-0.2, 0) is 4.79 Å². The third-order valence-corrected chi connectivity index (χ3v) is 4.50. The van der Waals surface area contributed by atoms with Gasteiger partial charge >= 0.3 is 0 Å². The molecule has 110 valence electrons. The summed E-state index contributed by atoms with van der Waals surface area (Å²) in [6.07, 6.45) is 5.84. The molecule has 1 amide bonds. The third kappa shape index (κ3) is 3.69. The number of nitrogens with one attached hydrogen (secondary N) is 1. The van der Waals surface area contributed by atoms with Gasteiger partial charge in [0.1, 0.15) is 0 Å². The van der Waals surface area contributed by atoms with Crippen LogP contribution in [0.25, 0.3) is 0 Å². The van der Waals surface area contributed by atoms with Gasteiger partial charge in [0.15, 0.2) is 0 Å². The number of hydrogen-bond acceptors (Lipinski definition) is 3. The van der Waals surface area contributed by atoms with Gasteiger partial charge in [0.05, 0.1) is 6.04 Å². The van der Waals surface area contributed by atoms with Crippen molar-refractivity contribution < 1.29 is 4.79 Å². The van der Waals surface area contributed by atoms with E-state index in [4.69, 9.17) is 0 Å². The summed E-state index contributed by atoms with van der Waals surface area (Å²) in [5.74, 6) is 1.05. The second-order valence-electron chi connectivity index (χ2n) is 6.04. The van der Waals surface area contributed by atoms with E-state index in [1.54, 1.807) is 0 Å². The maximum atomic E-state index is 12.7. The zero-order chi connectivity index (χ0) is 13.7. The van der Waals surface area contributed by atoms with E-state index in [1.807, 2.05) is 7.05 Å². The first-order chi connectivity index (χ1) is 9.26. The molecule has 0 bridgehead atoms. The van der Waals surface area contributed by atoms with E-state index in [2.05, 4.69) is 22.0 Å². The van der Waals surface area contributed by atoms with E-state index >= 15 is 0 Å². The van der Waals surface area contributed by atoms with Crippen LogP contribution in [0.1, 0.15) is 39.0 Å². The predicted octanol–water partition coefficient (Wildman–Crippen LogP) is 1.32. The van der Waals surface area contributed by atoms with Crippen LogP contribution < -0.4 is 5.32 Å². The Kier molecular flexibility index (Phi) is 5.64. The molecule has 4 heteroatoms. The fraction of sp³-hybridized carbons (Fsp3) is 0.933. The molecule has 0 saturated carbocycles. The lowest BCUT2D eigenvalue weighted by Crippen LogP contribution is -2.50. The van der Waals surface area contributed by atoms with Gasteiger partial charge in [0, 0.05) is 13.1 Å². The summed E-state index contributed by atoms with van der Waals surface area (Å²) < 4.78 is 0. The van der Waals surface area contributed by atoms with Crippen LogP contribution >= 0.6 is 0 Å². The number of carbonyl (C=O) groups is 1. The van der Waals surface area contributed by atoms with Crippen molar-refractivity contribution >= 4 is 5.91 Å². The van der Waals surface area contributed by atoms with Crippen LogP contribution in [0, 0.1) is 5.92 Å². The Hall–Kier alpha value is -0.610. The van der Waals surface area contributed by atoms with Crippen molar-refractivity contribution in [2.24, 2.45) is 5.92 Å². The minimum atomic E-state index is 0.169. The molecular weight excluding hydrogens is 238 g/mol. The summed E-state index contributed by atoms with van der Waals surface area (Å²) in [6.45, 7) is 7.34. The molecule has 2 heterocycles. The van der Waals surface area contributed by atoms with Crippen molar-refractivity contribution in [3.63, 3.8) is 0 Å². The first kappa shape index (κ1) is 14.8. The predicted molar refractivity (Wildman–Crippen MR) is 78.1 cm³/mol. The molecule has 2 rings (SSSR count). The summed E-state index contributed by atoms with van der Waals surface area (Å²) in [5.41, 5.74) is 0. The maximum Gasteiger partial charge on any atom is 0.239 e. The van der Waals surface area contributed by atoms with Gasteiger partial charge in [-0.15, -0.1) is 0 Å². The Morgan fingerprint density at radius 1 is 1.26 bits per heavy atom. The molecule has 2 fully saturated rings. The molecule has 0 aliphatic carbocycles. The Labute approximate surface area is 117 Å². The van der Waals surface area contributed by atoms with Crippen molar-refractivity contribution in [1.29, 1.82) is 0 Å². The summed E-state index contributed by atoms with van der Waals surface area (Å²) in [6, 6.07) is 0.169. The molecule has 2 saturated heterocycles. The van der Waals surface area contributed by atoms with E-state index in [-0.39, 0.29) is 6.04 Å². The average Bonchev–Trinajstić information content (AvgIpc) is 2.88. The Morgan fingerprint density at radius 2 is 2.11 bits per heavy atom. The first-order valence-corrected chi connectivity index (χ1v) is 7.93. The van der Waals surface area contributed by atoms with Crippen molar-refractivity contribution in [2.75, 3.05) is 39.8 Å². The molecule has 0 aromatic carbocycles. The number of carbonyl (C=O) groups excluding carboxylic acids is 1. The third-order valence-electron chi connectivity index (χ3n) is 4.50. The van der Waals surface area contributed by atoms with E-state index in [9.17, 15) is 4.79 Å². The topological polar surface area (TPSA) is 35.6 Å². The quantitative estimate of drug-likeness (QED) is 0.816. The second-order valence-corrected chi connectivity index (χ2v) is 6.04. The highest BCUT2D eigenvalue weighted by molar-refractivity contribution is 5.82. The standard InChI is InChI=1S/C15H29N3O/c1-3-8-17-9-5-4-6-14(17)15(19)18-10-7-13(12-18)11-16-2/h13-14,16H,3-12H2,1-2H3/t13-,14+/m0/s1. The maximum absolute atomic E-state index is 12.7. The largest absolute Gasteiger partial charge is 0.341 e. The number of amides is 1. The lowest BCUT2D eigenvalue weighted by molar-refractivity contribution is -0.137. The van der Waals surface area contributed by atoms with Crippen LogP contribution in [0.2, 0.25) is 0 Å². The average molecular weight is 267 g/mol. The molecule has 0 aromatic heterocycles. The molecule has 19 heavy (non-hydrogen) atoms.